The van der Waals surface area contributed by atoms with Crippen molar-refractivity contribution in [3.05, 3.63) is 58.9 Å². The Morgan fingerprint density at radius 1 is 1.24 bits per heavy atom. The molecule has 25 heavy (non-hydrogen) atoms. The molecule has 1 aliphatic rings. The van der Waals surface area contributed by atoms with Crippen LogP contribution >= 0.6 is 0 Å². The second-order valence-electron chi connectivity index (χ2n) is 6.08. The van der Waals surface area contributed by atoms with Crippen molar-refractivity contribution < 1.29 is 13.6 Å². The van der Waals surface area contributed by atoms with E-state index in [1.54, 1.807) is 4.90 Å². The van der Waals surface area contributed by atoms with Gasteiger partial charge in [0.25, 0.3) is 5.91 Å². The van der Waals surface area contributed by atoms with Crippen LogP contribution < -0.4 is 0 Å². The van der Waals surface area contributed by atoms with Gasteiger partial charge in [-0.1, -0.05) is 6.07 Å². The maximum Gasteiger partial charge on any atom is 0.255 e. The number of nitriles is 1. The third-order valence-corrected chi connectivity index (χ3v) is 4.61. The molecule has 1 unspecified atom stereocenters. The van der Waals surface area contributed by atoms with E-state index < -0.39 is 11.6 Å². The SMILES string of the molecule is CC(c1ccc(F)cc1F)N1CCN(C(=O)c2c[nH]c(C#N)c2)CC1. The van der Waals surface area contributed by atoms with Crippen molar-refractivity contribution in [2.24, 2.45) is 0 Å². The summed E-state index contributed by atoms with van der Waals surface area (Å²) in [5, 5.41) is 8.82. The number of nitrogens with one attached hydrogen (secondary N) is 1. The summed E-state index contributed by atoms with van der Waals surface area (Å²) >= 11 is 0. The molecule has 2 heterocycles. The Kier molecular flexibility index (Phi) is 4.81. The molecule has 1 aromatic heterocycles. The monoisotopic (exact) mass is 344 g/mol. The number of hydrogen-bond donors (Lipinski definition) is 1. The molecule has 3 rings (SSSR count). The van der Waals surface area contributed by atoms with E-state index in [9.17, 15) is 13.6 Å². The first-order valence-corrected chi connectivity index (χ1v) is 8.06. The number of piperazine rings is 1. The number of rotatable bonds is 3. The Balaban J connectivity index is 1.63. The number of aromatic amines is 1. The lowest BCUT2D eigenvalue weighted by Gasteiger charge is -2.38. The quantitative estimate of drug-likeness (QED) is 0.931. The minimum absolute atomic E-state index is 0.127. The minimum Gasteiger partial charge on any atom is -0.352 e. The van der Waals surface area contributed by atoms with Crippen LogP contribution in [-0.4, -0.2) is 46.9 Å². The summed E-state index contributed by atoms with van der Waals surface area (Å²) in [7, 11) is 0. The Bertz CT molecular complexity index is 819. The van der Waals surface area contributed by atoms with Crippen LogP contribution in [0.1, 0.15) is 34.6 Å². The molecular weight excluding hydrogens is 326 g/mol. The molecule has 130 valence electrons. The molecule has 1 N–H and O–H groups in total. The number of hydrogen-bond acceptors (Lipinski definition) is 3. The highest BCUT2D eigenvalue weighted by Gasteiger charge is 2.27. The van der Waals surface area contributed by atoms with Crippen LogP contribution in [0.15, 0.2) is 30.5 Å². The number of benzene rings is 1. The third-order valence-electron chi connectivity index (χ3n) is 4.61. The summed E-state index contributed by atoms with van der Waals surface area (Å²) in [4.78, 5) is 19.0. The first kappa shape index (κ1) is 17.1. The molecule has 1 saturated heterocycles. The van der Waals surface area contributed by atoms with Crippen LogP contribution in [0.5, 0.6) is 0 Å². The van der Waals surface area contributed by atoms with Crippen molar-refractivity contribution >= 4 is 5.91 Å². The molecule has 1 atom stereocenters. The minimum atomic E-state index is -0.591. The molecule has 1 aromatic carbocycles. The standard InChI is InChI=1S/C18H18F2N4O/c1-12(16-3-2-14(19)9-17(16)20)23-4-6-24(7-5-23)18(25)13-8-15(10-21)22-11-13/h2-3,8-9,11-12,22H,4-7H2,1H3. The van der Waals surface area contributed by atoms with Gasteiger partial charge >= 0.3 is 0 Å². The van der Waals surface area contributed by atoms with Crippen molar-refractivity contribution in [2.45, 2.75) is 13.0 Å². The third kappa shape index (κ3) is 3.54. The number of carbonyl (C=O) groups excluding carboxylic acids is 1. The van der Waals surface area contributed by atoms with Crippen molar-refractivity contribution in [2.75, 3.05) is 26.2 Å². The van der Waals surface area contributed by atoms with Crippen LogP contribution in [0.4, 0.5) is 8.78 Å². The predicted octanol–water partition coefficient (Wildman–Crippen LogP) is 2.68. The topological polar surface area (TPSA) is 63.1 Å². The predicted molar refractivity (Wildman–Crippen MR) is 87.8 cm³/mol. The summed E-state index contributed by atoms with van der Waals surface area (Å²) < 4.78 is 27.0. The van der Waals surface area contributed by atoms with Gasteiger partial charge in [-0.05, 0) is 19.1 Å². The van der Waals surface area contributed by atoms with E-state index >= 15 is 0 Å². The number of H-pyrrole nitrogens is 1. The fourth-order valence-electron chi connectivity index (χ4n) is 3.11. The number of aromatic nitrogens is 1. The van der Waals surface area contributed by atoms with Crippen molar-refractivity contribution in [1.82, 2.24) is 14.8 Å². The zero-order valence-corrected chi connectivity index (χ0v) is 13.8. The molecule has 7 heteroatoms. The van der Waals surface area contributed by atoms with Gasteiger partial charge in [0.1, 0.15) is 23.4 Å². The van der Waals surface area contributed by atoms with Crippen LogP contribution in [0.2, 0.25) is 0 Å². The van der Waals surface area contributed by atoms with Gasteiger partial charge in [0, 0.05) is 50.0 Å². The van der Waals surface area contributed by atoms with Crippen LogP contribution in [-0.2, 0) is 0 Å². The molecule has 2 aromatic rings. The summed E-state index contributed by atoms with van der Waals surface area (Å²) in [6, 6.07) is 6.91. The number of amides is 1. The molecule has 1 aliphatic heterocycles. The number of halogens is 2. The highest BCUT2D eigenvalue weighted by Crippen LogP contribution is 2.25. The number of nitrogens with zero attached hydrogens (tertiary/aromatic N) is 3. The van der Waals surface area contributed by atoms with Gasteiger partial charge in [-0.2, -0.15) is 5.26 Å². The normalized spacial score (nSPS) is 16.5. The molecule has 1 amide bonds. The Labute approximate surface area is 144 Å². The van der Waals surface area contributed by atoms with E-state index in [-0.39, 0.29) is 11.9 Å². The zero-order valence-electron chi connectivity index (χ0n) is 13.8. The lowest BCUT2D eigenvalue weighted by Crippen LogP contribution is -2.49. The first-order valence-electron chi connectivity index (χ1n) is 8.06. The molecule has 0 saturated carbocycles. The van der Waals surface area contributed by atoms with Crippen molar-refractivity contribution in [1.29, 1.82) is 5.26 Å². The summed E-state index contributed by atoms with van der Waals surface area (Å²) in [5.41, 5.74) is 1.26. The molecular formula is C18H18F2N4O. The Morgan fingerprint density at radius 2 is 1.96 bits per heavy atom. The Hall–Kier alpha value is -2.72. The fourth-order valence-corrected chi connectivity index (χ4v) is 3.11. The van der Waals surface area contributed by atoms with E-state index in [1.807, 2.05) is 13.0 Å². The lowest BCUT2D eigenvalue weighted by atomic mass is 10.1. The second-order valence-corrected chi connectivity index (χ2v) is 6.08. The van der Waals surface area contributed by atoms with E-state index in [1.165, 1.54) is 24.4 Å². The first-order chi connectivity index (χ1) is 12.0. The van der Waals surface area contributed by atoms with Crippen LogP contribution in [0.3, 0.4) is 0 Å². The summed E-state index contributed by atoms with van der Waals surface area (Å²) in [6.45, 7) is 4.09. The van der Waals surface area contributed by atoms with Gasteiger partial charge in [-0.15, -0.1) is 0 Å². The Morgan fingerprint density at radius 3 is 2.56 bits per heavy atom. The second kappa shape index (κ2) is 7.03. The fraction of sp³-hybridized carbons (Fsp3) is 0.333. The molecule has 1 fully saturated rings. The smallest absolute Gasteiger partial charge is 0.255 e. The van der Waals surface area contributed by atoms with Gasteiger partial charge in [0.2, 0.25) is 0 Å². The average molecular weight is 344 g/mol. The molecule has 0 bridgehead atoms. The molecule has 0 radical (unpaired) electrons. The van der Waals surface area contributed by atoms with Gasteiger partial charge < -0.3 is 9.88 Å². The highest BCUT2D eigenvalue weighted by atomic mass is 19.1. The molecule has 0 spiro atoms. The van der Waals surface area contributed by atoms with E-state index in [4.69, 9.17) is 5.26 Å². The molecule has 0 aliphatic carbocycles. The summed E-state index contributed by atoms with van der Waals surface area (Å²) in [6.07, 6.45) is 1.53. The molecule has 5 nitrogen and oxygen atoms in total. The zero-order chi connectivity index (χ0) is 18.0. The van der Waals surface area contributed by atoms with Gasteiger partial charge in [-0.3, -0.25) is 9.69 Å². The van der Waals surface area contributed by atoms with Crippen molar-refractivity contribution in [3.63, 3.8) is 0 Å². The van der Waals surface area contributed by atoms with E-state index in [0.717, 1.165) is 6.07 Å². The van der Waals surface area contributed by atoms with Crippen molar-refractivity contribution in [3.8, 4) is 6.07 Å². The van der Waals surface area contributed by atoms with Gasteiger partial charge in [-0.25, -0.2) is 8.78 Å². The lowest BCUT2D eigenvalue weighted by molar-refractivity contribution is 0.0579. The summed E-state index contributed by atoms with van der Waals surface area (Å²) in [5.74, 6) is -1.27. The largest absolute Gasteiger partial charge is 0.352 e. The van der Waals surface area contributed by atoms with Gasteiger partial charge in [0.05, 0.1) is 5.56 Å². The maximum absolute atomic E-state index is 14.0. The maximum atomic E-state index is 14.0. The van der Waals surface area contributed by atoms with Crippen LogP contribution in [0.25, 0.3) is 0 Å². The van der Waals surface area contributed by atoms with E-state index in [2.05, 4.69) is 9.88 Å². The number of carbonyl (C=O) groups is 1. The van der Waals surface area contributed by atoms with E-state index in [0.29, 0.717) is 43.0 Å². The van der Waals surface area contributed by atoms with Crippen LogP contribution in [0, 0.1) is 23.0 Å². The highest BCUT2D eigenvalue weighted by molar-refractivity contribution is 5.94. The average Bonchev–Trinajstić information content (AvgIpc) is 3.10. The van der Waals surface area contributed by atoms with Gasteiger partial charge in [0.15, 0.2) is 0 Å².